The van der Waals surface area contributed by atoms with Crippen molar-refractivity contribution >= 4 is 45.5 Å². The van der Waals surface area contributed by atoms with E-state index >= 15 is 0 Å². The number of thiophene rings is 1. The Kier molecular flexibility index (Phi) is 4.20. The van der Waals surface area contributed by atoms with Gasteiger partial charge in [0.05, 0.1) is 10.5 Å². The summed E-state index contributed by atoms with van der Waals surface area (Å²) in [4.78, 5) is 33.2. The lowest BCUT2D eigenvalue weighted by Crippen LogP contribution is -2.15. The van der Waals surface area contributed by atoms with E-state index in [1.807, 2.05) is 0 Å². The molecule has 0 saturated heterocycles. The Morgan fingerprint density at radius 1 is 1.29 bits per heavy atom. The Balaban J connectivity index is 2.35. The molecule has 0 aliphatic carbocycles. The molecular weight excluding hydrogens is 320 g/mol. The van der Waals surface area contributed by atoms with Gasteiger partial charge in [-0.15, -0.1) is 11.3 Å². The average Bonchev–Trinajstić information content (AvgIpc) is 2.86. The number of nitro groups is 1. The number of nitro benzene ring substituents is 1. The lowest BCUT2D eigenvalue weighted by atomic mass is 10.1. The zero-order chi connectivity index (χ0) is 15.6. The van der Waals surface area contributed by atoms with E-state index in [1.54, 1.807) is 0 Å². The molecule has 0 saturated carbocycles. The number of benzene rings is 1. The number of halogens is 1. The quantitative estimate of drug-likeness (QED) is 0.662. The van der Waals surface area contributed by atoms with Crippen molar-refractivity contribution in [2.45, 2.75) is 0 Å². The second-order valence-electron chi connectivity index (χ2n) is 3.84. The molecule has 7 nitrogen and oxygen atoms in total. The molecule has 1 aromatic carbocycles. The number of carbonyl (C=O) groups excluding carboxylic acids is 1. The summed E-state index contributed by atoms with van der Waals surface area (Å²) in [5, 5.41) is 24.0. The lowest BCUT2D eigenvalue weighted by Gasteiger charge is -2.05. The minimum Gasteiger partial charge on any atom is -0.478 e. The van der Waals surface area contributed by atoms with Crippen molar-refractivity contribution in [1.82, 2.24) is 0 Å². The normalized spacial score (nSPS) is 10.1. The standard InChI is InChI=1S/C12H7ClN2O5S/c13-6-1-2-7(9(5-6)15(19)20)10(16)14-11-8(12(17)18)3-4-21-11/h1-5H,(H,14,16)(H,17,18). The van der Waals surface area contributed by atoms with Crippen molar-refractivity contribution in [2.75, 3.05) is 5.32 Å². The third-order valence-electron chi connectivity index (χ3n) is 2.52. The number of hydrogen-bond acceptors (Lipinski definition) is 5. The molecule has 0 aliphatic heterocycles. The van der Waals surface area contributed by atoms with Gasteiger partial charge in [0.1, 0.15) is 10.6 Å². The maximum Gasteiger partial charge on any atom is 0.338 e. The van der Waals surface area contributed by atoms with Gasteiger partial charge >= 0.3 is 5.97 Å². The number of anilines is 1. The fraction of sp³-hybridized carbons (Fsp3) is 0. The molecule has 9 heteroatoms. The first-order valence-corrected chi connectivity index (χ1v) is 6.72. The third-order valence-corrected chi connectivity index (χ3v) is 3.59. The summed E-state index contributed by atoms with van der Waals surface area (Å²) in [6, 6.07) is 4.95. The van der Waals surface area contributed by atoms with E-state index in [4.69, 9.17) is 16.7 Å². The first kappa shape index (κ1) is 14.9. The van der Waals surface area contributed by atoms with Crippen LogP contribution in [0.15, 0.2) is 29.6 Å². The van der Waals surface area contributed by atoms with Crippen molar-refractivity contribution in [1.29, 1.82) is 0 Å². The molecule has 2 N–H and O–H groups in total. The van der Waals surface area contributed by atoms with Gasteiger partial charge in [-0.05, 0) is 23.6 Å². The molecule has 0 fully saturated rings. The number of carbonyl (C=O) groups is 2. The van der Waals surface area contributed by atoms with Crippen LogP contribution in [0.25, 0.3) is 0 Å². The van der Waals surface area contributed by atoms with Crippen molar-refractivity contribution < 1.29 is 19.6 Å². The van der Waals surface area contributed by atoms with Crippen LogP contribution in [0, 0.1) is 10.1 Å². The summed E-state index contributed by atoms with van der Waals surface area (Å²) in [5.41, 5.74) is -0.729. The minimum absolute atomic E-state index is 0.0787. The minimum atomic E-state index is -1.20. The molecule has 21 heavy (non-hydrogen) atoms. The van der Waals surface area contributed by atoms with E-state index in [2.05, 4.69) is 5.32 Å². The highest BCUT2D eigenvalue weighted by Gasteiger charge is 2.22. The van der Waals surface area contributed by atoms with E-state index in [0.717, 1.165) is 17.4 Å². The van der Waals surface area contributed by atoms with Crippen LogP contribution in [0.3, 0.4) is 0 Å². The van der Waals surface area contributed by atoms with Crippen LogP contribution in [-0.2, 0) is 0 Å². The summed E-state index contributed by atoms with van der Waals surface area (Å²) in [6.45, 7) is 0. The molecule has 0 aliphatic rings. The van der Waals surface area contributed by atoms with Gasteiger partial charge in [0.2, 0.25) is 0 Å². The van der Waals surface area contributed by atoms with Gasteiger partial charge in [0, 0.05) is 11.1 Å². The summed E-state index contributed by atoms with van der Waals surface area (Å²) in [7, 11) is 0. The number of rotatable bonds is 4. The SMILES string of the molecule is O=C(Nc1sccc1C(=O)O)c1ccc(Cl)cc1[N+](=O)[O-]. The van der Waals surface area contributed by atoms with Gasteiger partial charge in [0.15, 0.2) is 0 Å². The van der Waals surface area contributed by atoms with Gasteiger partial charge in [-0.2, -0.15) is 0 Å². The van der Waals surface area contributed by atoms with Crippen LogP contribution in [0.5, 0.6) is 0 Å². The fourth-order valence-corrected chi connectivity index (χ4v) is 2.53. The Hall–Kier alpha value is -2.45. The largest absolute Gasteiger partial charge is 0.478 e. The maximum atomic E-state index is 12.1. The Morgan fingerprint density at radius 3 is 2.62 bits per heavy atom. The lowest BCUT2D eigenvalue weighted by molar-refractivity contribution is -0.385. The molecule has 2 rings (SSSR count). The number of aromatic carboxylic acids is 1. The van der Waals surface area contributed by atoms with Crippen LogP contribution in [0.1, 0.15) is 20.7 Å². The second-order valence-corrected chi connectivity index (χ2v) is 5.19. The second kappa shape index (κ2) is 5.90. The smallest absolute Gasteiger partial charge is 0.338 e. The van der Waals surface area contributed by atoms with Crippen LogP contribution in [0.4, 0.5) is 10.7 Å². The maximum absolute atomic E-state index is 12.1. The first-order chi connectivity index (χ1) is 9.90. The van der Waals surface area contributed by atoms with Crippen LogP contribution >= 0.6 is 22.9 Å². The van der Waals surface area contributed by atoms with Crippen molar-refractivity contribution in [3.05, 3.63) is 55.9 Å². The Morgan fingerprint density at radius 2 is 2.00 bits per heavy atom. The molecule has 1 aromatic heterocycles. The van der Waals surface area contributed by atoms with Crippen molar-refractivity contribution in [3.8, 4) is 0 Å². The number of nitrogens with zero attached hydrogens (tertiary/aromatic N) is 1. The number of nitrogens with one attached hydrogen (secondary N) is 1. The number of hydrogen-bond donors (Lipinski definition) is 2. The predicted octanol–water partition coefficient (Wildman–Crippen LogP) is 3.26. The average molecular weight is 327 g/mol. The highest BCUT2D eigenvalue weighted by atomic mass is 35.5. The third kappa shape index (κ3) is 3.18. The molecule has 0 bridgehead atoms. The van der Waals surface area contributed by atoms with Crippen LogP contribution < -0.4 is 5.32 Å². The van der Waals surface area contributed by atoms with Crippen molar-refractivity contribution in [3.63, 3.8) is 0 Å². The Labute approximate surface area is 126 Å². The van der Waals surface area contributed by atoms with Gasteiger partial charge in [-0.3, -0.25) is 14.9 Å². The molecule has 0 radical (unpaired) electrons. The summed E-state index contributed by atoms with van der Waals surface area (Å²) < 4.78 is 0. The molecular formula is C12H7ClN2O5S. The van der Waals surface area contributed by atoms with E-state index < -0.39 is 22.5 Å². The van der Waals surface area contributed by atoms with Gasteiger partial charge in [-0.25, -0.2) is 4.79 Å². The number of carboxylic acids is 1. The zero-order valence-electron chi connectivity index (χ0n) is 10.2. The molecule has 1 amide bonds. The summed E-state index contributed by atoms with van der Waals surface area (Å²) in [5.74, 6) is -1.97. The first-order valence-electron chi connectivity index (χ1n) is 5.46. The van der Waals surface area contributed by atoms with E-state index in [0.29, 0.717) is 0 Å². The molecule has 0 atom stereocenters. The summed E-state index contributed by atoms with van der Waals surface area (Å²) >= 11 is 6.67. The monoisotopic (exact) mass is 326 g/mol. The molecule has 0 spiro atoms. The highest BCUT2D eigenvalue weighted by Crippen LogP contribution is 2.27. The van der Waals surface area contributed by atoms with E-state index in [9.17, 15) is 19.7 Å². The number of amides is 1. The van der Waals surface area contributed by atoms with Crippen LogP contribution in [-0.4, -0.2) is 21.9 Å². The topological polar surface area (TPSA) is 110 Å². The molecule has 0 unspecified atom stereocenters. The fourth-order valence-electron chi connectivity index (χ4n) is 1.59. The van der Waals surface area contributed by atoms with E-state index in [-0.39, 0.29) is 21.2 Å². The summed E-state index contributed by atoms with van der Waals surface area (Å²) in [6.07, 6.45) is 0. The molecule has 1 heterocycles. The van der Waals surface area contributed by atoms with E-state index in [1.165, 1.54) is 23.6 Å². The van der Waals surface area contributed by atoms with Gasteiger partial charge in [0.25, 0.3) is 11.6 Å². The number of carboxylic acid groups (broad SMARTS) is 1. The van der Waals surface area contributed by atoms with Crippen molar-refractivity contribution in [2.24, 2.45) is 0 Å². The molecule has 2 aromatic rings. The van der Waals surface area contributed by atoms with Crippen LogP contribution in [0.2, 0.25) is 5.02 Å². The molecule has 108 valence electrons. The highest BCUT2D eigenvalue weighted by molar-refractivity contribution is 7.14. The van der Waals surface area contributed by atoms with Gasteiger partial charge < -0.3 is 10.4 Å². The Bertz CT molecular complexity index is 743. The predicted molar refractivity (Wildman–Crippen MR) is 77.3 cm³/mol. The zero-order valence-corrected chi connectivity index (χ0v) is 11.8. The van der Waals surface area contributed by atoms with Gasteiger partial charge in [-0.1, -0.05) is 11.6 Å².